The molecule has 1 nitrogen and oxygen atoms in total. The highest BCUT2D eigenvalue weighted by Gasteiger charge is 2.52. The third kappa shape index (κ3) is 4.00. The van der Waals surface area contributed by atoms with Crippen LogP contribution < -0.4 is 16.4 Å². The highest BCUT2D eigenvalue weighted by molar-refractivity contribution is 6.99. The average Bonchev–Trinajstić information content (AvgIpc) is 3.49. The van der Waals surface area contributed by atoms with E-state index in [1.807, 2.05) is 0 Å². The molecule has 11 rings (SSSR count). The lowest BCUT2D eigenvalue weighted by atomic mass is 9.28. The predicted molar refractivity (Wildman–Crippen MR) is 225 cm³/mol. The van der Waals surface area contributed by atoms with Gasteiger partial charge in [-0.3, -0.25) is 0 Å². The molecule has 0 amide bonds. The maximum atomic E-state index is 2.74. The maximum absolute atomic E-state index is 2.74. The van der Waals surface area contributed by atoms with Crippen LogP contribution in [0, 0.1) is 5.41 Å². The molecule has 2 heteroatoms. The summed E-state index contributed by atoms with van der Waals surface area (Å²) in [6.07, 6.45) is 5.92. The van der Waals surface area contributed by atoms with E-state index in [9.17, 15) is 0 Å². The zero-order valence-electron chi connectivity index (χ0n) is 32.1. The monoisotopic (exact) mass is 685 g/mol. The lowest BCUT2D eigenvalue weighted by molar-refractivity contribution is 0.316. The van der Waals surface area contributed by atoms with Crippen LogP contribution in [0.4, 0.5) is 0 Å². The number of aryl methyl sites for hydroxylation is 1. The summed E-state index contributed by atoms with van der Waals surface area (Å²) in [4.78, 5) is 0. The first-order valence-corrected chi connectivity index (χ1v) is 20.0. The van der Waals surface area contributed by atoms with Crippen molar-refractivity contribution in [3.8, 4) is 5.69 Å². The molecule has 0 radical (unpaired) electrons. The molecule has 1 aromatic heterocycles. The van der Waals surface area contributed by atoms with Crippen molar-refractivity contribution in [3.63, 3.8) is 0 Å². The summed E-state index contributed by atoms with van der Waals surface area (Å²) in [5.41, 5.74) is 20.6. The fourth-order valence-electron chi connectivity index (χ4n) is 11.8. The number of rotatable bonds is 2. The van der Waals surface area contributed by atoms with Crippen molar-refractivity contribution in [2.24, 2.45) is 5.41 Å². The zero-order valence-corrected chi connectivity index (χ0v) is 32.1. The molecule has 53 heavy (non-hydrogen) atoms. The SMILES string of the molecule is CC1(C)CCc2cc3c4c5c(ccc4n4c3c(c2C1)B1c2ccccc2C(c2ccccc2)(c2ccccc2)c2cccc-4c21)C(C)(C)CCC5(C)C. The third-order valence-electron chi connectivity index (χ3n) is 14.4. The van der Waals surface area contributed by atoms with Crippen molar-refractivity contribution in [2.75, 3.05) is 0 Å². The van der Waals surface area contributed by atoms with E-state index in [0.29, 0.717) is 0 Å². The van der Waals surface area contributed by atoms with E-state index >= 15 is 0 Å². The molecule has 0 saturated heterocycles. The summed E-state index contributed by atoms with van der Waals surface area (Å²) in [6, 6.07) is 47.2. The van der Waals surface area contributed by atoms with E-state index in [0.717, 1.165) is 12.8 Å². The molecule has 4 aliphatic rings. The Morgan fingerprint density at radius 3 is 1.98 bits per heavy atom. The Kier molecular flexibility index (Phi) is 6.24. The van der Waals surface area contributed by atoms with Crippen LogP contribution in [0.25, 0.3) is 27.5 Å². The first kappa shape index (κ1) is 31.7. The van der Waals surface area contributed by atoms with Crippen LogP contribution in [-0.4, -0.2) is 11.3 Å². The van der Waals surface area contributed by atoms with Crippen molar-refractivity contribution in [1.82, 2.24) is 4.57 Å². The van der Waals surface area contributed by atoms with E-state index in [2.05, 4.69) is 167 Å². The van der Waals surface area contributed by atoms with Gasteiger partial charge in [0.05, 0.1) is 10.9 Å². The molecule has 2 aliphatic carbocycles. The second kappa shape index (κ2) is 10.4. The maximum Gasteiger partial charge on any atom is 0.247 e. The van der Waals surface area contributed by atoms with Crippen LogP contribution in [0.3, 0.4) is 0 Å². The Labute approximate surface area is 315 Å². The van der Waals surface area contributed by atoms with Gasteiger partial charge in [0.1, 0.15) is 0 Å². The Morgan fingerprint density at radius 2 is 1.25 bits per heavy atom. The molecule has 3 heterocycles. The first-order valence-electron chi connectivity index (χ1n) is 20.0. The number of hydrogen-bond acceptors (Lipinski definition) is 0. The minimum absolute atomic E-state index is 0.0933. The molecule has 0 saturated carbocycles. The Morgan fingerprint density at radius 1 is 0.585 bits per heavy atom. The van der Waals surface area contributed by atoms with Crippen LogP contribution in [0.2, 0.25) is 0 Å². The van der Waals surface area contributed by atoms with E-state index < -0.39 is 5.41 Å². The smallest absolute Gasteiger partial charge is 0.247 e. The quantitative estimate of drug-likeness (QED) is 0.160. The number of benzene rings is 6. The van der Waals surface area contributed by atoms with Crippen LogP contribution >= 0.6 is 0 Å². The predicted octanol–water partition coefficient (Wildman–Crippen LogP) is 10.2. The van der Waals surface area contributed by atoms with Gasteiger partial charge >= 0.3 is 0 Å². The molecular formula is C51H48BN. The summed E-state index contributed by atoms with van der Waals surface area (Å²) < 4.78 is 2.74. The lowest BCUT2D eigenvalue weighted by Crippen LogP contribution is -2.65. The fourth-order valence-corrected chi connectivity index (χ4v) is 11.8. The normalized spacial score (nSPS) is 19.3. The summed E-state index contributed by atoms with van der Waals surface area (Å²) >= 11 is 0. The second-order valence-electron chi connectivity index (χ2n) is 18.9. The second-order valence-corrected chi connectivity index (χ2v) is 18.9. The van der Waals surface area contributed by atoms with Crippen molar-refractivity contribution >= 4 is 44.9 Å². The van der Waals surface area contributed by atoms with Crippen LogP contribution in [-0.2, 0) is 29.1 Å². The first-order chi connectivity index (χ1) is 25.5. The van der Waals surface area contributed by atoms with Gasteiger partial charge in [-0.25, -0.2) is 0 Å². The van der Waals surface area contributed by atoms with Gasteiger partial charge in [0, 0.05) is 22.0 Å². The molecule has 7 aromatic rings. The molecule has 0 unspecified atom stereocenters. The van der Waals surface area contributed by atoms with Gasteiger partial charge in [-0.05, 0) is 122 Å². The molecule has 0 fully saturated rings. The van der Waals surface area contributed by atoms with Gasteiger partial charge in [0.2, 0.25) is 6.71 Å². The van der Waals surface area contributed by atoms with Crippen molar-refractivity contribution in [1.29, 1.82) is 0 Å². The highest BCUT2D eigenvalue weighted by atomic mass is 15.0. The van der Waals surface area contributed by atoms with E-state index in [-0.39, 0.29) is 23.0 Å². The van der Waals surface area contributed by atoms with Crippen LogP contribution in [0.1, 0.15) is 105 Å². The van der Waals surface area contributed by atoms with Crippen molar-refractivity contribution < 1.29 is 0 Å². The zero-order chi connectivity index (χ0) is 36.1. The molecule has 6 aromatic carbocycles. The highest BCUT2D eigenvalue weighted by Crippen LogP contribution is 2.53. The molecule has 0 N–H and O–H groups in total. The fraction of sp³-hybridized carbons (Fsp3) is 0.294. The molecule has 0 spiro atoms. The summed E-state index contributed by atoms with van der Waals surface area (Å²) in [5, 5.41) is 2.98. The summed E-state index contributed by atoms with van der Waals surface area (Å²) in [6.45, 7) is 15.1. The standard InChI is InChI=1S/C51H48BN/c1-48(2)27-26-32-30-35-43-41(25-24-38-44(43)50(5,6)29-28-49(38,3)4)53-42-23-15-21-39-46(42)52(45(47(35)53)36(32)31-48)40-22-14-13-20-37(40)51(39,33-16-9-7-10-17-33)34-18-11-8-12-19-34/h7-25,30H,26-29,31H2,1-6H3. The van der Waals surface area contributed by atoms with Crippen molar-refractivity contribution in [2.45, 2.75) is 89.9 Å². The van der Waals surface area contributed by atoms with E-state index in [4.69, 9.17) is 0 Å². The van der Waals surface area contributed by atoms with Gasteiger partial charge in [-0.1, -0.05) is 150 Å². The van der Waals surface area contributed by atoms with Crippen LogP contribution in [0.5, 0.6) is 0 Å². The third-order valence-corrected chi connectivity index (χ3v) is 14.4. The number of nitrogens with zero attached hydrogens (tertiary/aromatic N) is 1. The number of aromatic nitrogens is 1. The van der Waals surface area contributed by atoms with Gasteiger partial charge in [0.25, 0.3) is 0 Å². The van der Waals surface area contributed by atoms with E-state index in [1.54, 1.807) is 27.7 Å². The van der Waals surface area contributed by atoms with Gasteiger partial charge in [0.15, 0.2) is 0 Å². The average molecular weight is 686 g/mol. The number of fused-ring (bicyclic) bond motifs is 11. The Balaban J connectivity index is 1.38. The molecule has 0 bridgehead atoms. The van der Waals surface area contributed by atoms with E-state index in [1.165, 1.54) is 79.9 Å². The summed E-state index contributed by atoms with van der Waals surface area (Å²) in [7, 11) is 0. The Bertz CT molecular complexity index is 2630. The number of hydrogen-bond donors (Lipinski definition) is 0. The van der Waals surface area contributed by atoms with Gasteiger partial charge in [-0.2, -0.15) is 0 Å². The lowest BCUT2D eigenvalue weighted by Gasteiger charge is -2.47. The largest absolute Gasteiger partial charge is 0.310 e. The van der Waals surface area contributed by atoms with Crippen molar-refractivity contribution in [3.05, 3.63) is 166 Å². The van der Waals surface area contributed by atoms with Crippen LogP contribution in [0.15, 0.2) is 121 Å². The Hall–Kier alpha value is -4.82. The molecular weight excluding hydrogens is 637 g/mol. The minimum Gasteiger partial charge on any atom is -0.310 e. The molecule has 260 valence electrons. The molecule has 0 atom stereocenters. The molecule has 2 aliphatic heterocycles. The van der Waals surface area contributed by atoms with Gasteiger partial charge in [-0.15, -0.1) is 0 Å². The summed E-state index contributed by atoms with van der Waals surface area (Å²) in [5.74, 6) is 0. The topological polar surface area (TPSA) is 4.93 Å². The minimum atomic E-state index is -0.459. The van der Waals surface area contributed by atoms with Gasteiger partial charge < -0.3 is 4.57 Å².